The van der Waals surface area contributed by atoms with Crippen molar-refractivity contribution >= 4 is 31.7 Å². The average molecular weight is 274 g/mol. The predicted molar refractivity (Wildman–Crippen MR) is 67.2 cm³/mol. The van der Waals surface area contributed by atoms with Gasteiger partial charge in [0.15, 0.2) is 0 Å². The zero-order valence-electron chi connectivity index (χ0n) is 9.37. The highest BCUT2D eigenvalue weighted by Gasteiger charge is 2.20. The van der Waals surface area contributed by atoms with Crippen LogP contribution >= 0.6 is 31.7 Å². The van der Waals surface area contributed by atoms with E-state index in [1.54, 1.807) is 0 Å². The van der Waals surface area contributed by atoms with Crippen LogP contribution in [0, 0.1) is 0 Å². The van der Waals surface area contributed by atoms with Crippen molar-refractivity contribution in [3.63, 3.8) is 0 Å². The monoisotopic (exact) mass is 273 g/mol. The maximum atomic E-state index is 5.66. The van der Waals surface area contributed by atoms with E-state index in [0.29, 0.717) is 12.4 Å². The maximum Gasteiger partial charge on any atom is 0.320 e. The van der Waals surface area contributed by atoms with Crippen LogP contribution in [0.3, 0.4) is 0 Å². The lowest BCUT2D eigenvalue weighted by Gasteiger charge is -2.27. The molecule has 0 aromatic carbocycles. The van der Waals surface area contributed by atoms with Crippen molar-refractivity contribution < 1.29 is 9.05 Å². The molecule has 0 amide bonds. The van der Waals surface area contributed by atoms with Crippen molar-refractivity contribution in [3.05, 3.63) is 11.3 Å². The first-order valence-electron chi connectivity index (χ1n) is 4.94. The topological polar surface area (TPSA) is 21.7 Å². The first-order chi connectivity index (χ1) is 7.23. The summed E-state index contributed by atoms with van der Waals surface area (Å²) in [5.41, 5.74) is 1.35. The molecule has 1 atom stereocenters. The minimum Gasteiger partial charge on any atom is -0.438 e. The molecular weight excluding hydrogens is 256 g/mol. The highest BCUT2D eigenvalue weighted by atomic mass is 35.5. The summed E-state index contributed by atoms with van der Waals surface area (Å²) < 4.78 is 13.2. The number of hydrogen-bond donors (Lipinski definition) is 0. The highest BCUT2D eigenvalue weighted by Crippen LogP contribution is 2.44. The second-order valence-electron chi connectivity index (χ2n) is 2.59. The number of hydrogen-bond acceptors (Lipinski definition) is 3. The van der Waals surface area contributed by atoms with E-state index in [1.165, 1.54) is 5.54 Å². The van der Waals surface area contributed by atoms with Gasteiger partial charge in [0.25, 0.3) is 0 Å². The van der Waals surface area contributed by atoms with Gasteiger partial charge in [-0.05, 0) is 6.92 Å². The summed E-state index contributed by atoms with van der Waals surface area (Å²) in [6, 6.07) is 0. The first kappa shape index (κ1) is 15.5. The van der Waals surface area contributed by atoms with Crippen molar-refractivity contribution in [1.82, 2.24) is 4.67 Å². The Balaban J connectivity index is 4.36. The Kier molecular flexibility index (Phi) is 9.98. The van der Waals surface area contributed by atoms with Gasteiger partial charge in [-0.2, -0.15) is 0 Å². The quantitative estimate of drug-likeness (QED) is 0.380. The second-order valence-corrected chi connectivity index (χ2v) is 4.56. The fourth-order valence-electron chi connectivity index (χ4n) is 0.905. The molecule has 0 saturated heterocycles. The zero-order chi connectivity index (χ0) is 11.7. The molecule has 0 N–H and O–H groups in total. The normalized spacial score (nSPS) is 14.4. The minimum atomic E-state index is -1.08. The summed E-state index contributed by atoms with van der Waals surface area (Å²) in [7, 11) is -1.08. The van der Waals surface area contributed by atoms with Crippen molar-refractivity contribution in [2.45, 2.75) is 20.8 Å². The smallest absolute Gasteiger partial charge is 0.320 e. The van der Waals surface area contributed by atoms with Crippen LogP contribution in [0.5, 0.6) is 0 Å². The standard InChI is InChI=1S/C9H18Cl2NO2P/c1-4-12(5-2)15(13-6-3)14-9(7-10)8-11/h7H,4-6,8H2,1-3H3/b9-7-. The van der Waals surface area contributed by atoms with E-state index in [2.05, 4.69) is 18.5 Å². The van der Waals surface area contributed by atoms with Crippen LogP contribution in [-0.4, -0.2) is 30.2 Å². The third-order valence-corrected chi connectivity index (χ3v) is 4.05. The van der Waals surface area contributed by atoms with Crippen LogP contribution in [0.1, 0.15) is 20.8 Å². The van der Waals surface area contributed by atoms with Crippen molar-refractivity contribution in [2.24, 2.45) is 0 Å². The molecular formula is C9H18Cl2NO2P. The zero-order valence-corrected chi connectivity index (χ0v) is 11.8. The highest BCUT2D eigenvalue weighted by molar-refractivity contribution is 7.44. The molecule has 0 saturated carbocycles. The Morgan fingerprint density at radius 3 is 2.27 bits per heavy atom. The summed E-state index contributed by atoms with van der Waals surface area (Å²) in [4.78, 5) is 0. The molecule has 6 heteroatoms. The maximum absolute atomic E-state index is 5.66. The van der Waals surface area contributed by atoms with E-state index in [9.17, 15) is 0 Å². The third-order valence-electron chi connectivity index (χ3n) is 1.65. The van der Waals surface area contributed by atoms with E-state index in [0.717, 1.165) is 13.1 Å². The molecule has 0 bridgehead atoms. The number of rotatable bonds is 8. The molecule has 0 fully saturated rings. The summed E-state index contributed by atoms with van der Waals surface area (Å²) >= 11 is 11.2. The number of halogens is 2. The van der Waals surface area contributed by atoms with E-state index in [1.807, 2.05) is 6.92 Å². The molecule has 0 radical (unpaired) electrons. The minimum absolute atomic E-state index is 0.261. The van der Waals surface area contributed by atoms with Crippen LogP contribution in [-0.2, 0) is 9.05 Å². The molecule has 0 aromatic heterocycles. The lowest BCUT2D eigenvalue weighted by Crippen LogP contribution is -2.19. The van der Waals surface area contributed by atoms with E-state index in [4.69, 9.17) is 32.2 Å². The predicted octanol–water partition coefficient (Wildman–Crippen LogP) is 3.93. The molecule has 0 aliphatic carbocycles. The Morgan fingerprint density at radius 2 is 1.93 bits per heavy atom. The van der Waals surface area contributed by atoms with Crippen molar-refractivity contribution in [2.75, 3.05) is 25.6 Å². The molecule has 0 rings (SSSR count). The van der Waals surface area contributed by atoms with Gasteiger partial charge in [0, 0.05) is 18.6 Å². The van der Waals surface area contributed by atoms with Gasteiger partial charge in [-0.25, -0.2) is 4.67 Å². The van der Waals surface area contributed by atoms with E-state index >= 15 is 0 Å². The summed E-state index contributed by atoms with van der Waals surface area (Å²) in [6.07, 6.45) is 0. The molecule has 0 spiro atoms. The fraction of sp³-hybridized carbons (Fsp3) is 0.778. The van der Waals surface area contributed by atoms with Gasteiger partial charge in [-0.15, -0.1) is 11.6 Å². The van der Waals surface area contributed by atoms with Crippen molar-refractivity contribution in [3.8, 4) is 0 Å². The summed E-state index contributed by atoms with van der Waals surface area (Å²) in [5.74, 6) is 0.807. The van der Waals surface area contributed by atoms with E-state index < -0.39 is 8.53 Å². The molecule has 0 heterocycles. The van der Waals surface area contributed by atoms with Crippen LogP contribution in [0.25, 0.3) is 0 Å². The number of allylic oxidation sites excluding steroid dienone is 1. The summed E-state index contributed by atoms with van der Waals surface area (Å²) in [6.45, 7) is 8.42. The second kappa shape index (κ2) is 9.68. The molecule has 1 unspecified atom stereocenters. The largest absolute Gasteiger partial charge is 0.438 e. The third kappa shape index (κ3) is 5.94. The Labute approximate surface area is 103 Å². The van der Waals surface area contributed by atoms with Gasteiger partial charge in [-0.3, -0.25) is 0 Å². The molecule has 15 heavy (non-hydrogen) atoms. The SMILES string of the molecule is CCOP(O/C(=C\Cl)CCl)N(CC)CC. The first-order valence-corrected chi connectivity index (χ1v) is 7.04. The molecule has 0 aromatic rings. The lowest BCUT2D eigenvalue weighted by molar-refractivity contribution is 0.252. The molecule has 0 aliphatic rings. The van der Waals surface area contributed by atoms with E-state index in [-0.39, 0.29) is 5.88 Å². The Hall–Kier alpha value is 0.470. The fourth-order valence-corrected chi connectivity index (χ4v) is 2.71. The molecule has 3 nitrogen and oxygen atoms in total. The van der Waals surface area contributed by atoms with Crippen molar-refractivity contribution in [1.29, 1.82) is 0 Å². The Bertz CT molecular complexity index is 189. The van der Waals surface area contributed by atoms with Gasteiger partial charge in [0.1, 0.15) is 5.76 Å². The number of nitrogens with zero attached hydrogens (tertiary/aromatic N) is 1. The molecule has 90 valence electrons. The average Bonchev–Trinajstić information content (AvgIpc) is 2.27. The number of alkyl halides is 1. The van der Waals surface area contributed by atoms with Gasteiger partial charge in [0.2, 0.25) is 0 Å². The van der Waals surface area contributed by atoms with Gasteiger partial charge < -0.3 is 9.05 Å². The van der Waals surface area contributed by atoms with Gasteiger partial charge >= 0.3 is 8.53 Å². The van der Waals surface area contributed by atoms with Crippen LogP contribution in [0.4, 0.5) is 0 Å². The van der Waals surface area contributed by atoms with Crippen LogP contribution in [0.2, 0.25) is 0 Å². The molecule has 0 aliphatic heterocycles. The van der Waals surface area contributed by atoms with Crippen LogP contribution in [0.15, 0.2) is 11.3 Å². The van der Waals surface area contributed by atoms with Gasteiger partial charge in [-0.1, -0.05) is 25.4 Å². The Morgan fingerprint density at radius 1 is 1.33 bits per heavy atom. The summed E-state index contributed by atoms with van der Waals surface area (Å²) in [5, 5.41) is 0. The lowest BCUT2D eigenvalue weighted by atomic mass is 10.7. The van der Waals surface area contributed by atoms with Gasteiger partial charge in [0.05, 0.1) is 12.5 Å². The van der Waals surface area contributed by atoms with Crippen LogP contribution < -0.4 is 0 Å².